The maximum atomic E-state index is 13.3. The highest BCUT2D eigenvalue weighted by atomic mass is 16.5. The number of hydrogen-bond acceptors (Lipinski definition) is 6. The molecule has 0 atom stereocenters. The molecule has 1 aromatic rings. The van der Waals surface area contributed by atoms with Crippen LogP contribution in [0.2, 0.25) is 0 Å². The summed E-state index contributed by atoms with van der Waals surface area (Å²) in [5, 5.41) is 7.70. The second-order valence-corrected chi connectivity index (χ2v) is 9.23. The number of carbonyl (C=O) groups is 3. The molecule has 10 nitrogen and oxygen atoms in total. The fourth-order valence-electron chi connectivity index (χ4n) is 5.22. The topological polar surface area (TPSA) is 106 Å². The Bertz CT molecular complexity index is 886. The number of urea groups is 1. The molecular formula is C23H35N5O5. The molecule has 0 radical (unpaired) electrons. The molecule has 4 rings (SSSR count). The lowest BCUT2D eigenvalue weighted by Crippen LogP contribution is -2.56. The lowest BCUT2D eigenvalue weighted by atomic mass is 9.79. The number of morpholine rings is 1. The van der Waals surface area contributed by atoms with Gasteiger partial charge in [0.15, 0.2) is 5.69 Å². The van der Waals surface area contributed by atoms with Gasteiger partial charge in [0.25, 0.3) is 5.91 Å². The molecule has 1 aliphatic carbocycles. The predicted octanol–water partition coefficient (Wildman–Crippen LogP) is 1.62. The minimum Gasteiger partial charge on any atom is -0.466 e. The van der Waals surface area contributed by atoms with Crippen LogP contribution in [0.3, 0.4) is 0 Å². The SMILES string of the molecule is CCOC(=O)CC1(NC(=O)N2CCc3c(c(C(=O)N4CCOCC4)nn3C)C2)CCCCC1. The monoisotopic (exact) mass is 461 g/mol. The molecule has 3 aliphatic rings. The van der Waals surface area contributed by atoms with Crippen molar-refractivity contribution in [3.05, 3.63) is 17.0 Å². The first kappa shape index (κ1) is 23.5. The third kappa shape index (κ3) is 5.15. The van der Waals surface area contributed by atoms with Crippen molar-refractivity contribution in [1.29, 1.82) is 0 Å². The smallest absolute Gasteiger partial charge is 0.318 e. The molecular weight excluding hydrogens is 426 g/mol. The maximum absolute atomic E-state index is 13.3. The highest BCUT2D eigenvalue weighted by Gasteiger charge is 2.39. The zero-order chi connectivity index (χ0) is 23.4. The van der Waals surface area contributed by atoms with Crippen molar-refractivity contribution in [3.63, 3.8) is 0 Å². The highest BCUT2D eigenvalue weighted by Crippen LogP contribution is 2.32. The van der Waals surface area contributed by atoms with Gasteiger partial charge in [0.1, 0.15) is 0 Å². The molecule has 0 spiro atoms. The van der Waals surface area contributed by atoms with E-state index in [1.165, 1.54) is 0 Å². The van der Waals surface area contributed by atoms with Crippen molar-refractivity contribution in [2.24, 2.45) is 7.05 Å². The summed E-state index contributed by atoms with van der Waals surface area (Å²) in [5.74, 6) is -0.380. The minimum absolute atomic E-state index is 0.108. The summed E-state index contributed by atoms with van der Waals surface area (Å²) < 4.78 is 12.3. The predicted molar refractivity (Wildman–Crippen MR) is 120 cm³/mol. The molecule has 1 saturated carbocycles. The lowest BCUT2D eigenvalue weighted by Gasteiger charge is -2.39. The Hall–Kier alpha value is -2.62. The van der Waals surface area contributed by atoms with Gasteiger partial charge in [-0.1, -0.05) is 19.3 Å². The second-order valence-electron chi connectivity index (χ2n) is 9.23. The van der Waals surface area contributed by atoms with Crippen LogP contribution >= 0.6 is 0 Å². The number of ether oxygens (including phenoxy) is 2. The molecule has 0 aromatic carbocycles. The van der Waals surface area contributed by atoms with E-state index in [2.05, 4.69) is 10.4 Å². The van der Waals surface area contributed by atoms with Crippen molar-refractivity contribution >= 4 is 17.9 Å². The van der Waals surface area contributed by atoms with E-state index in [9.17, 15) is 14.4 Å². The Kier molecular flexibility index (Phi) is 7.21. The molecule has 0 bridgehead atoms. The zero-order valence-electron chi connectivity index (χ0n) is 19.7. The van der Waals surface area contributed by atoms with Crippen LogP contribution < -0.4 is 5.32 Å². The maximum Gasteiger partial charge on any atom is 0.318 e. The van der Waals surface area contributed by atoms with E-state index in [1.807, 2.05) is 7.05 Å². The van der Waals surface area contributed by atoms with E-state index in [0.29, 0.717) is 58.1 Å². The Morgan fingerprint density at radius 2 is 1.82 bits per heavy atom. The summed E-state index contributed by atoms with van der Waals surface area (Å²) in [6.07, 6.45) is 5.42. The number of aromatic nitrogens is 2. The van der Waals surface area contributed by atoms with Crippen molar-refractivity contribution in [2.75, 3.05) is 39.5 Å². The van der Waals surface area contributed by atoms with E-state index in [-0.39, 0.29) is 24.3 Å². The van der Waals surface area contributed by atoms with Crippen molar-refractivity contribution in [2.45, 2.75) is 64.0 Å². The van der Waals surface area contributed by atoms with Crippen molar-refractivity contribution in [1.82, 2.24) is 24.9 Å². The van der Waals surface area contributed by atoms with Gasteiger partial charge >= 0.3 is 12.0 Å². The average Bonchev–Trinajstić information content (AvgIpc) is 3.15. The van der Waals surface area contributed by atoms with Crippen LogP contribution in [0.5, 0.6) is 0 Å². The third-order valence-electron chi connectivity index (χ3n) is 7.00. The third-order valence-corrected chi connectivity index (χ3v) is 7.00. The van der Waals surface area contributed by atoms with Gasteiger partial charge in [-0.2, -0.15) is 5.10 Å². The van der Waals surface area contributed by atoms with Crippen LogP contribution in [-0.2, 0) is 34.3 Å². The second kappa shape index (κ2) is 10.1. The van der Waals surface area contributed by atoms with Gasteiger partial charge in [0.2, 0.25) is 0 Å². The standard InChI is InChI=1S/C23H35N5O5/c1-3-33-19(29)15-23(8-5-4-6-9-23)24-22(31)28-10-7-18-17(16-28)20(25-26(18)2)21(30)27-11-13-32-14-12-27/h3-16H2,1-2H3,(H,24,31). The van der Waals surface area contributed by atoms with Crippen LogP contribution in [0.4, 0.5) is 4.79 Å². The molecule has 2 aliphatic heterocycles. The summed E-state index contributed by atoms with van der Waals surface area (Å²) in [6, 6.07) is -0.194. The molecule has 33 heavy (non-hydrogen) atoms. The number of rotatable bonds is 5. The Balaban J connectivity index is 1.48. The number of nitrogens with zero attached hydrogens (tertiary/aromatic N) is 4. The first-order chi connectivity index (χ1) is 15.9. The number of amides is 3. The summed E-state index contributed by atoms with van der Waals surface area (Å²) in [7, 11) is 1.85. The number of esters is 1. The van der Waals surface area contributed by atoms with Gasteiger partial charge in [0.05, 0.1) is 38.3 Å². The fraction of sp³-hybridized carbons (Fsp3) is 0.739. The van der Waals surface area contributed by atoms with Gasteiger partial charge in [-0.15, -0.1) is 0 Å². The quantitative estimate of drug-likeness (QED) is 0.668. The van der Waals surface area contributed by atoms with Gasteiger partial charge in [0, 0.05) is 44.4 Å². The van der Waals surface area contributed by atoms with Crippen molar-refractivity contribution in [3.8, 4) is 0 Å². The van der Waals surface area contributed by atoms with E-state index >= 15 is 0 Å². The average molecular weight is 462 g/mol. The Morgan fingerprint density at radius 1 is 1.09 bits per heavy atom. The molecule has 3 heterocycles. The van der Waals surface area contributed by atoms with Crippen LogP contribution in [0, 0.1) is 0 Å². The number of fused-ring (bicyclic) bond motifs is 1. The molecule has 3 amide bonds. The first-order valence-corrected chi connectivity index (χ1v) is 12.1. The number of aryl methyl sites for hydroxylation is 1. The normalized spacial score (nSPS) is 20.2. The molecule has 1 N–H and O–H groups in total. The molecule has 182 valence electrons. The zero-order valence-corrected chi connectivity index (χ0v) is 19.7. The van der Waals surface area contributed by atoms with Crippen LogP contribution in [0.15, 0.2) is 0 Å². The molecule has 10 heteroatoms. The van der Waals surface area contributed by atoms with Gasteiger partial charge in [-0.05, 0) is 19.8 Å². The molecule has 0 unspecified atom stereocenters. The van der Waals surface area contributed by atoms with E-state index < -0.39 is 5.54 Å². The van der Waals surface area contributed by atoms with Crippen LogP contribution in [-0.4, -0.2) is 82.5 Å². The molecule has 1 saturated heterocycles. The highest BCUT2D eigenvalue weighted by molar-refractivity contribution is 5.94. The first-order valence-electron chi connectivity index (χ1n) is 12.1. The van der Waals surface area contributed by atoms with Gasteiger partial charge in [-0.3, -0.25) is 14.3 Å². The molecule has 1 aromatic heterocycles. The lowest BCUT2D eigenvalue weighted by molar-refractivity contribution is -0.145. The fourth-order valence-corrected chi connectivity index (χ4v) is 5.22. The summed E-state index contributed by atoms with van der Waals surface area (Å²) >= 11 is 0. The van der Waals surface area contributed by atoms with E-state index in [4.69, 9.17) is 9.47 Å². The summed E-state index contributed by atoms with van der Waals surface area (Å²) in [6.45, 7) is 5.14. The number of hydrogen-bond donors (Lipinski definition) is 1. The number of nitrogens with one attached hydrogen (secondary N) is 1. The van der Waals surface area contributed by atoms with E-state index in [0.717, 1.165) is 43.4 Å². The van der Waals surface area contributed by atoms with Gasteiger partial charge in [-0.25, -0.2) is 4.79 Å². The summed E-state index contributed by atoms with van der Waals surface area (Å²) in [4.78, 5) is 42.2. The van der Waals surface area contributed by atoms with Crippen LogP contribution in [0.1, 0.15) is 67.2 Å². The van der Waals surface area contributed by atoms with Gasteiger partial charge < -0.3 is 24.6 Å². The van der Waals surface area contributed by atoms with Crippen LogP contribution in [0.25, 0.3) is 0 Å². The van der Waals surface area contributed by atoms with E-state index in [1.54, 1.807) is 21.4 Å². The molecule has 2 fully saturated rings. The summed E-state index contributed by atoms with van der Waals surface area (Å²) in [5.41, 5.74) is 1.67. The Morgan fingerprint density at radius 3 is 2.52 bits per heavy atom. The minimum atomic E-state index is -0.566. The number of carbonyl (C=O) groups excluding carboxylic acids is 3. The van der Waals surface area contributed by atoms with Crippen molar-refractivity contribution < 1.29 is 23.9 Å². The largest absolute Gasteiger partial charge is 0.466 e. The Labute approximate surface area is 194 Å².